The van der Waals surface area contributed by atoms with Crippen LogP contribution in [0.25, 0.3) is 0 Å². The summed E-state index contributed by atoms with van der Waals surface area (Å²) in [5, 5.41) is 10.5. The van der Waals surface area contributed by atoms with Crippen molar-refractivity contribution >= 4 is 15.9 Å². The van der Waals surface area contributed by atoms with Gasteiger partial charge in [0.1, 0.15) is 11.9 Å². The van der Waals surface area contributed by atoms with E-state index in [1.54, 1.807) is 6.26 Å². The Kier molecular flexibility index (Phi) is 3.27. The maximum Gasteiger partial charge on any atom is 0.147 e. The van der Waals surface area contributed by atoms with Gasteiger partial charge in [0.05, 0.1) is 10.7 Å². The fourth-order valence-electron chi connectivity index (χ4n) is 2.82. The summed E-state index contributed by atoms with van der Waals surface area (Å²) in [6.45, 7) is 0. The second-order valence-corrected chi connectivity index (χ2v) is 5.63. The molecule has 0 saturated heterocycles. The average molecular weight is 307 g/mol. The van der Waals surface area contributed by atoms with Crippen molar-refractivity contribution in [1.29, 1.82) is 0 Å². The third-order valence-corrected chi connectivity index (χ3v) is 4.37. The molecule has 0 saturated carbocycles. The second kappa shape index (κ2) is 4.90. The maximum atomic E-state index is 10.5. The van der Waals surface area contributed by atoms with E-state index in [9.17, 15) is 5.11 Å². The van der Waals surface area contributed by atoms with Crippen LogP contribution < -0.4 is 0 Å². The van der Waals surface area contributed by atoms with E-state index in [1.165, 1.54) is 11.1 Å². The van der Waals surface area contributed by atoms with Crippen molar-refractivity contribution in [2.45, 2.75) is 31.3 Å². The standard InChI is InChI=1S/C15H15BrO2/c16-13-8-9-18-15(13)14(17)12-7-3-5-10-4-1-2-6-11(10)12/h1-2,4,6,8-9,12,14,17H,3,5,7H2. The van der Waals surface area contributed by atoms with Crippen LogP contribution in [0.4, 0.5) is 0 Å². The predicted octanol–water partition coefficient (Wildman–Crippen LogP) is 4.20. The topological polar surface area (TPSA) is 33.4 Å². The van der Waals surface area contributed by atoms with Gasteiger partial charge in [-0.05, 0) is 52.4 Å². The molecule has 3 heteroatoms. The normalized spacial score (nSPS) is 20.4. The molecular formula is C15H15BrO2. The van der Waals surface area contributed by atoms with E-state index in [-0.39, 0.29) is 5.92 Å². The summed E-state index contributed by atoms with van der Waals surface area (Å²) in [7, 11) is 0. The van der Waals surface area contributed by atoms with Gasteiger partial charge in [0.15, 0.2) is 0 Å². The fraction of sp³-hybridized carbons (Fsp3) is 0.333. The zero-order valence-electron chi connectivity index (χ0n) is 9.97. The molecule has 1 aliphatic rings. The van der Waals surface area contributed by atoms with E-state index >= 15 is 0 Å². The van der Waals surface area contributed by atoms with Crippen LogP contribution in [-0.2, 0) is 6.42 Å². The Morgan fingerprint density at radius 1 is 1.28 bits per heavy atom. The van der Waals surface area contributed by atoms with Gasteiger partial charge in [0.2, 0.25) is 0 Å². The number of benzene rings is 1. The van der Waals surface area contributed by atoms with Gasteiger partial charge in [0.25, 0.3) is 0 Å². The molecule has 0 spiro atoms. The van der Waals surface area contributed by atoms with Gasteiger partial charge in [-0.1, -0.05) is 24.3 Å². The van der Waals surface area contributed by atoms with Crippen molar-refractivity contribution in [1.82, 2.24) is 0 Å². The fourth-order valence-corrected chi connectivity index (χ4v) is 3.25. The van der Waals surface area contributed by atoms with Crippen LogP contribution in [0.5, 0.6) is 0 Å². The van der Waals surface area contributed by atoms with Crippen LogP contribution in [-0.4, -0.2) is 5.11 Å². The number of hydrogen-bond donors (Lipinski definition) is 1. The molecule has 1 aromatic carbocycles. The predicted molar refractivity (Wildman–Crippen MR) is 73.5 cm³/mol. The van der Waals surface area contributed by atoms with Gasteiger partial charge in [-0.15, -0.1) is 0 Å². The van der Waals surface area contributed by atoms with E-state index in [4.69, 9.17) is 4.42 Å². The number of fused-ring (bicyclic) bond motifs is 1. The number of aliphatic hydroxyl groups is 1. The molecule has 0 radical (unpaired) electrons. The van der Waals surface area contributed by atoms with Crippen molar-refractivity contribution in [3.63, 3.8) is 0 Å². The molecule has 1 aromatic heterocycles. The lowest BCUT2D eigenvalue weighted by Gasteiger charge is -2.28. The Hall–Kier alpha value is -1.06. The number of hydrogen-bond acceptors (Lipinski definition) is 2. The minimum absolute atomic E-state index is 0.136. The molecule has 1 N–H and O–H groups in total. The Bertz CT molecular complexity index is 547. The molecule has 0 amide bonds. The van der Waals surface area contributed by atoms with Gasteiger partial charge in [-0.25, -0.2) is 0 Å². The summed E-state index contributed by atoms with van der Waals surface area (Å²) >= 11 is 3.42. The van der Waals surface area contributed by atoms with E-state index in [2.05, 4.69) is 34.1 Å². The van der Waals surface area contributed by atoms with E-state index in [1.807, 2.05) is 12.1 Å². The van der Waals surface area contributed by atoms with Crippen LogP contribution in [0, 0.1) is 0 Å². The van der Waals surface area contributed by atoms with Crippen molar-refractivity contribution in [2.75, 3.05) is 0 Å². The summed E-state index contributed by atoms with van der Waals surface area (Å²) in [5.74, 6) is 0.772. The zero-order valence-corrected chi connectivity index (χ0v) is 11.6. The third kappa shape index (κ3) is 2.02. The summed E-state index contributed by atoms with van der Waals surface area (Å²) in [4.78, 5) is 0. The van der Waals surface area contributed by atoms with Gasteiger partial charge in [-0.2, -0.15) is 0 Å². The molecule has 0 fully saturated rings. The molecule has 2 atom stereocenters. The Morgan fingerprint density at radius 3 is 2.89 bits per heavy atom. The highest BCUT2D eigenvalue weighted by Gasteiger charge is 2.30. The molecular weight excluding hydrogens is 292 g/mol. The first-order valence-electron chi connectivity index (χ1n) is 6.26. The first-order valence-corrected chi connectivity index (χ1v) is 7.05. The molecule has 94 valence electrons. The SMILES string of the molecule is OC(c1occc1Br)C1CCCc2ccccc21. The summed E-state index contributed by atoms with van der Waals surface area (Å²) in [5.41, 5.74) is 2.62. The number of halogens is 1. The van der Waals surface area contributed by atoms with Crippen LogP contribution in [0.15, 0.2) is 45.5 Å². The molecule has 2 nitrogen and oxygen atoms in total. The molecule has 1 aliphatic carbocycles. The summed E-state index contributed by atoms with van der Waals surface area (Å²) in [6.07, 6.45) is 4.27. The van der Waals surface area contributed by atoms with Crippen molar-refractivity contribution in [3.05, 3.63) is 58.0 Å². The molecule has 2 unspecified atom stereocenters. The highest BCUT2D eigenvalue weighted by molar-refractivity contribution is 9.10. The number of aryl methyl sites for hydroxylation is 1. The Labute approximate surface area is 115 Å². The quantitative estimate of drug-likeness (QED) is 0.902. The lowest BCUT2D eigenvalue weighted by Crippen LogP contribution is -2.17. The molecule has 0 bridgehead atoms. The smallest absolute Gasteiger partial charge is 0.147 e. The first-order chi connectivity index (χ1) is 8.77. The van der Waals surface area contributed by atoms with Crippen LogP contribution in [0.3, 0.4) is 0 Å². The first kappa shape index (κ1) is 12.0. The monoisotopic (exact) mass is 306 g/mol. The Balaban J connectivity index is 1.97. The molecule has 0 aliphatic heterocycles. The molecule has 3 rings (SSSR count). The lowest BCUT2D eigenvalue weighted by molar-refractivity contribution is 0.111. The van der Waals surface area contributed by atoms with E-state index < -0.39 is 6.10 Å². The van der Waals surface area contributed by atoms with Gasteiger partial charge < -0.3 is 9.52 Å². The summed E-state index contributed by atoms with van der Waals surface area (Å²) in [6, 6.07) is 10.2. The number of aliphatic hydroxyl groups excluding tert-OH is 1. The molecule has 18 heavy (non-hydrogen) atoms. The van der Waals surface area contributed by atoms with Gasteiger partial charge >= 0.3 is 0 Å². The van der Waals surface area contributed by atoms with Crippen LogP contribution >= 0.6 is 15.9 Å². The minimum Gasteiger partial charge on any atom is -0.465 e. The average Bonchev–Trinajstić information content (AvgIpc) is 2.83. The van der Waals surface area contributed by atoms with Gasteiger partial charge in [0, 0.05) is 5.92 Å². The third-order valence-electron chi connectivity index (χ3n) is 3.71. The molecule has 2 aromatic rings. The number of rotatable bonds is 2. The number of furan rings is 1. The van der Waals surface area contributed by atoms with Crippen LogP contribution in [0.1, 0.15) is 41.8 Å². The molecule has 1 heterocycles. The summed E-state index contributed by atoms with van der Waals surface area (Å²) < 4.78 is 6.24. The van der Waals surface area contributed by atoms with Crippen molar-refractivity contribution in [2.24, 2.45) is 0 Å². The largest absolute Gasteiger partial charge is 0.465 e. The zero-order chi connectivity index (χ0) is 12.5. The lowest BCUT2D eigenvalue weighted by atomic mass is 9.79. The second-order valence-electron chi connectivity index (χ2n) is 4.78. The minimum atomic E-state index is -0.573. The highest BCUT2D eigenvalue weighted by atomic mass is 79.9. The Morgan fingerprint density at radius 2 is 2.11 bits per heavy atom. The van der Waals surface area contributed by atoms with Gasteiger partial charge in [-0.3, -0.25) is 0 Å². The van der Waals surface area contributed by atoms with Crippen molar-refractivity contribution < 1.29 is 9.52 Å². The van der Waals surface area contributed by atoms with Crippen LogP contribution in [0.2, 0.25) is 0 Å². The van der Waals surface area contributed by atoms with E-state index in [0.717, 1.165) is 23.7 Å². The highest BCUT2D eigenvalue weighted by Crippen LogP contribution is 2.42. The van der Waals surface area contributed by atoms with Crippen molar-refractivity contribution in [3.8, 4) is 0 Å². The maximum absolute atomic E-state index is 10.5. The van der Waals surface area contributed by atoms with E-state index in [0.29, 0.717) is 5.76 Å².